The standard InChI is InChI=1S/C58H52N4/c1-7-12-45(8-2)59(46-13-10-9-11-14-46)51-31-33-52(34-32-51)62-57-37-35-53(60(47-23-15-41(3)16-24-47)48-25-17-42(4)18-26-48)39-55(57)56-40-54(36-38-58(56)62)61(49-27-19-43(5)20-28-49)50-29-21-44(6)22-30-50/h7-40H,1-6H3/b12-7-,45-8+. The average molecular weight is 805 g/mol. The fraction of sp³-hybridized carbons (Fsp3) is 0.103. The number of nitrogens with zero attached hydrogens (tertiary/aromatic N) is 4. The highest BCUT2D eigenvalue weighted by molar-refractivity contribution is 6.12. The highest BCUT2D eigenvalue weighted by Crippen LogP contribution is 2.43. The van der Waals surface area contributed by atoms with Gasteiger partial charge in [-0.05, 0) is 169 Å². The van der Waals surface area contributed by atoms with E-state index in [1.807, 2.05) is 0 Å². The van der Waals surface area contributed by atoms with Crippen LogP contribution in [0.2, 0.25) is 0 Å². The van der Waals surface area contributed by atoms with Crippen LogP contribution in [0.5, 0.6) is 0 Å². The third-order valence-corrected chi connectivity index (χ3v) is 11.7. The number of aromatic nitrogens is 1. The molecule has 0 N–H and O–H groups in total. The number of hydrogen-bond donors (Lipinski definition) is 0. The molecule has 0 atom stereocenters. The van der Waals surface area contributed by atoms with Gasteiger partial charge in [-0.25, -0.2) is 0 Å². The molecule has 0 fully saturated rings. The molecule has 0 aliphatic rings. The first kappa shape index (κ1) is 39.9. The van der Waals surface area contributed by atoms with Crippen molar-refractivity contribution < 1.29 is 0 Å². The zero-order valence-corrected chi connectivity index (χ0v) is 36.4. The molecule has 9 aromatic rings. The Morgan fingerprint density at radius 2 is 0.742 bits per heavy atom. The van der Waals surface area contributed by atoms with Crippen LogP contribution in [-0.4, -0.2) is 4.57 Å². The molecule has 0 spiro atoms. The monoisotopic (exact) mass is 804 g/mol. The molecule has 9 rings (SSSR count). The predicted molar refractivity (Wildman–Crippen MR) is 266 cm³/mol. The van der Waals surface area contributed by atoms with E-state index in [0.29, 0.717) is 0 Å². The molecule has 304 valence electrons. The third kappa shape index (κ3) is 7.79. The zero-order chi connectivity index (χ0) is 42.7. The maximum Gasteiger partial charge on any atom is 0.0542 e. The summed E-state index contributed by atoms with van der Waals surface area (Å²) >= 11 is 0. The summed E-state index contributed by atoms with van der Waals surface area (Å²) in [6, 6.07) is 68.8. The fourth-order valence-corrected chi connectivity index (χ4v) is 8.47. The van der Waals surface area contributed by atoms with Crippen LogP contribution in [0.3, 0.4) is 0 Å². The quantitative estimate of drug-likeness (QED) is 0.121. The van der Waals surface area contributed by atoms with Gasteiger partial charge < -0.3 is 19.3 Å². The Bertz CT molecular complexity index is 2790. The molecule has 8 aromatic carbocycles. The molecule has 0 saturated carbocycles. The summed E-state index contributed by atoms with van der Waals surface area (Å²) in [6.07, 6.45) is 6.42. The Kier molecular flexibility index (Phi) is 11.1. The second-order valence-electron chi connectivity index (χ2n) is 16.2. The Hall–Kier alpha value is -7.56. The molecule has 0 amide bonds. The predicted octanol–water partition coefficient (Wildman–Crippen LogP) is 16.6. The SMILES string of the molecule is C/C=C\C(=C/C)N(c1ccccc1)c1ccc(-n2c3ccc(N(c4ccc(C)cc4)c4ccc(C)cc4)cc3c3cc(N(c4ccc(C)cc4)c4ccc(C)cc4)ccc32)cc1. The number of benzene rings is 8. The van der Waals surface area contributed by atoms with Gasteiger partial charge in [0.15, 0.2) is 0 Å². The first-order chi connectivity index (χ1) is 30.3. The van der Waals surface area contributed by atoms with Crippen molar-refractivity contribution in [2.24, 2.45) is 0 Å². The van der Waals surface area contributed by atoms with Crippen molar-refractivity contribution in [3.8, 4) is 5.69 Å². The first-order valence-corrected chi connectivity index (χ1v) is 21.5. The van der Waals surface area contributed by atoms with Gasteiger partial charge in [0.2, 0.25) is 0 Å². The summed E-state index contributed by atoms with van der Waals surface area (Å²) in [5.41, 5.74) is 18.3. The first-order valence-electron chi connectivity index (χ1n) is 21.5. The Morgan fingerprint density at radius 3 is 1.11 bits per heavy atom. The summed E-state index contributed by atoms with van der Waals surface area (Å²) in [4.78, 5) is 7.04. The molecule has 0 unspecified atom stereocenters. The minimum absolute atomic E-state index is 1.09. The lowest BCUT2D eigenvalue weighted by Crippen LogP contribution is -2.15. The van der Waals surface area contributed by atoms with Crippen LogP contribution < -0.4 is 14.7 Å². The van der Waals surface area contributed by atoms with Crippen LogP contribution in [0, 0.1) is 27.7 Å². The molecule has 1 heterocycles. The van der Waals surface area contributed by atoms with E-state index >= 15 is 0 Å². The average Bonchev–Trinajstić information content (AvgIpc) is 3.62. The van der Waals surface area contributed by atoms with E-state index < -0.39 is 0 Å². The van der Waals surface area contributed by atoms with Gasteiger partial charge in [-0.2, -0.15) is 0 Å². The maximum atomic E-state index is 2.42. The summed E-state index contributed by atoms with van der Waals surface area (Å²) in [5, 5.41) is 2.35. The van der Waals surface area contributed by atoms with Gasteiger partial charge in [0, 0.05) is 67.7 Å². The number of rotatable bonds is 11. The van der Waals surface area contributed by atoms with Gasteiger partial charge >= 0.3 is 0 Å². The van der Waals surface area contributed by atoms with Gasteiger partial charge in [0.1, 0.15) is 0 Å². The van der Waals surface area contributed by atoms with E-state index in [1.54, 1.807) is 0 Å². The molecule has 0 radical (unpaired) electrons. The molecule has 62 heavy (non-hydrogen) atoms. The molecule has 4 nitrogen and oxygen atoms in total. The van der Waals surface area contributed by atoms with Gasteiger partial charge in [-0.1, -0.05) is 101 Å². The lowest BCUT2D eigenvalue weighted by atomic mass is 10.1. The number of fused-ring (bicyclic) bond motifs is 3. The smallest absolute Gasteiger partial charge is 0.0542 e. The lowest BCUT2D eigenvalue weighted by molar-refractivity contribution is 1.16. The van der Waals surface area contributed by atoms with Crippen LogP contribution in [0.4, 0.5) is 45.5 Å². The normalized spacial score (nSPS) is 11.7. The zero-order valence-electron chi connectivity index (χ0n) is 36.4. The minimum Gasteiger partial charge on any atom is -0.311 e. The molecule has 0 aliphatic heterocycles. The highest BCUT2D eigenvalue weighted by atomic mass is 15.2. The molecule has 4 heteroatoms. The lowest BCUT2D eigenvalue weighted by Gasteiger charge is -2.26. The van der Waals surface area contributed by atoms with Crippen molar-refractivity contribution in [1.82, 2.24) is 4.57 Å². The van der Waals surface area contributed by atoms with E-state index in [0.717, 1.165) is 67.9 Å². The van der Waals surface area contributed by atoms with Gasteiger partial charge in [-0.15, -0.1) is 0 Å². The summed E-state index contributed by atoms with van der Waals surface area (Å²) in [6.45, 7) is 12.7. The molecule has 0 aliphatic carbocycles. The number of aryl methyl sites for hydroxylation is 4. The Balaban J connectivity index is 1.26. The van der Waals surface area contributed by atoms with Crippen LogP contribution in [0.15, 0.2) is 212 Å². The molecule has 0 bridgehead atoms. The molecular weight excluding hydrogens is 753 g/mol. The molecule has 1 aromatic heterocycles. The molecular formula is C58H52N4. The Labute approximate surface area is 366 Å². The summed E-state index contributed by atoms with van der Waals surface area (Å²) < 4.78 is 2.42. The van der Waals surface area contributed by atoms with Gasteiger partial charge in [0.05, 0.1) is 11.0 Å². The van der Waals surface area contributed by atoms with Crippen LogP contribution in [0.25, 0.3) is 27.5 Å². The second-order valence-corrected chi connectivity index (χ2v) is 16.2. The topological polar surface area (TPSA) is 14.7 Å². The van der Waals surface area contributed by atoms with E-state index in [-0.39, 0.29) is 0 Å². The van der Waals surface area contributed by atoms with Crippen molar-refractivity contribution in [1.29, 1.82) is 0 Å². The van der Waals surface area contributed by atoms with Gasteiger partial charge in [-0.3, -0.25) is 0 Å². The Morgan fingerprint density at radius 1 is 0.387 bits per heavy atom. The second kappa shape index (κ2) is 17.2. The van der Waals surface area contributed by atoms with Crippen molar-refractivity contribution in [3.63, 3.8) is 0 Å². The van der Waals surface area contributed by atoms with E-state index in [1.165, 1.54) is 33.0 Å². The number of anilines is 8. The van der Waals surface area contributed by atoms with Crippen molar-refractivity contribution in [2.45, 2.75) is 41.5 Å². The number of allylic oxidation sites excluding steroid dienone is 3. The number of hydrogen-bond acceptors (Lipinski definition) is 3. The van der Waals surface area contributed by atoms with E-state index in [4.69, 9.17) is 0 Å². The summed E-state index contributed by atoms with van der Waals surface area (Å²) in [7, 11) is 0. The van der Waals surface area contributed by atoms with Crippen molar-refractivity contribution in [2.75, 3.05) is 14.7 Å². The van der Waals surface area contributed by atoms with E-state index in [2.05, 4.69) is 267 Å². The third-order valence-electron chi connectivity index (χ3n) is 11.7. The maximum absolute atomic E-state index is 2.42. The van der Waals surface area contributed by atoms with E-state index in [9.17, 15) is 0 Å². The van der Waals surface area contributed by atoms with Crippen LogP contribution in [0.1, 0.15) is 36.1 Å². The largest absolute Gasteiger partial charge is 0.311 e. The van der Waals surface area contributed by atoms with Crippen molar-refractivity contribution >= 4 is 67.3 Å². The van der Waals surface area contributed by atoms with Crippen molar-refractivity contribution in [3.05, 3.63) is 234 Å². The highest BCUT2D eigenvalue weighted by Gasteiger charge is 2.21. The van der Waals surface area contributed by atoms with Gasteiger partial charge in [0.25, 0.3) is 0 Å². The molecule has 0 saturated heterocycles. The fourth-order valence-electron chi connectivity index (χ4n) is 8.47. The number of para-hydroxylation sites is 1. The van der Waals surface area contributed by atoms with Crippen LogP contribution >= 0.6 is 0 Å². The summed E-state index contributed by atoms with van der Waals surface area (Å²) in [5.74, 6) is 0. The minimum atomic E-state index is 1.09. The van der Waals surface area contributed by atoms with Crippen LogP contribution in [-0.2, 0) is 0 Å².